The molecule has 0 N–H and O–H groups in total. The monoisotopic (exact) mass is 808 g/mol. The fraction of sp³-hybridized carbons (Fsp3) is 0.673. The van der Waals surface area contributed by atoms with Gasteiger partial charge in [-0.15, -0.1) is 0 Å². The number of nitrogens with zero attached hydrogens (tertiary/aromatic N) is 1. The highest BCUT2D eigenvalue weighted by Gasteiger charge is 2.74. The summed E-state index contributed by atoms with van der Waals surface area (Å²) < 4.78 is 13.5. The highest BCUT2D eigenvalue weighted by atomic mass is 16.6. The Morgan fingerprint density at radius 1 is 0.600 bits per heavy atom. The Morgan fingerprint density at radius 3 is 1.70 bits per heavy atom. The van der Waals surface area contributed by atoms with Crippen LogP contribution in [-0.4, -0.2) is 4.92 Å². The Bertz CT molecular complexity index is 2220. The number of benzene rings is 3. The van der Waals surface area contributed by atoms with Gasteiger partial charge in [0.2, 0.25) is 5.75 Å². The van der Waals surface area contributed by atoms with E-state index in [4.69, 9.17) is 9.47 Å². The lowest BCUT2D eigenvalue weighted by atomic mass is 9.26. The van der Waals surface area contributed by atoms with Gasteiger partial charge in [0.25, 0.3) is 0 Å². The summed E-state index contributed by atoms with van der Waals surface area (Å²) in [5.41, 5.74) is 6.65. The van der Waals surface area contributed by atoms with Crippen molar-refractivity contribution in [2.75, 3.05) is 0 Å². The zero-order valence-corrected chi connectivity index (χ0v) is 37.5. The summed E-state index contributed by atoms with van der Waals surface area (Å²) in [4.78, 5) is 12.7. The Balaban J connectivity index is 0.932. The van der Waals surface area contributed by atoms with Gasteiger partial charge in [0.15, 0.2) is 0 Å². The molecule has 12 fully saturated rings. The first-order chi connectivity index (χ1) is 28.3. The largest absolute Gasteiger partial charge is 0.482 e. The van der Waals surface area contributed by atoms with E-state index >= 15 is 0 Å². The zero-order chi connectivity index (χ0) is 41.3. The fourth-order valence-electron chi connectivity index (χ4n) is 21.2. The topological polar surface area (TPSA) is 61.6 Å². The smallest absolute Gasteiger partial charge is 0.311 e. The minimum atomic E-state index is -0.238. The average molecular weight is 808 g/mol. The summed E-state index contributed by atoms with van der Waals surface area (Å²) in [6.07, 6.45) is 22.7. The summed E-state index contributed by atoms with van der Waals surface area (Å²) in [7, 11) is 0. The van der Waals surface area contributed by atoms with E-state index in [1.807, 2.05) is 42.5 Å². The van der Waals surface area contributed by atoms with Crippen molar-refractivity contribution in [2.45, 2.75) is 169 Å². The van der Waals surface area contributed by atoms with E-state index in [0.29, 0.717) is 44.3 Å². The Kier molecular flexibility index (Phi) is 7.68. The molecule has 0 aliphatic heterocycles. The first-order valence-electron chi connectivity index (χ1n) is 24.1. The molecule has 12 saturated carbocycles. The van der Waals surface area contributed by atoms with Crippen molar-refractivity contribution in [3.63, 3.8) is 0 Å². The third-order valence-electron chi connectivity index (χ3n) is 19.8. The summed E-state index contributed by atoms with van der Waals surface area (Å²) in [6.45, 7) is 16.0. The van der Waals surface area contributed by atoms with Crippen molar-refractivity contribution < 1.29 is 14.4 Å². The van der Waals surface area contributed by atoms with Gasteiger partial charge in [-0.05, 0) is 199 Å². The number of rotatable bonds is 9. The second kappa shape index (κ2) is 12.0. The molecule has 0 saturated heterocycles. The molecule has 15 rings (SSSR count). The minimum absolute atomic E-state index is 0.0525. The summed E-state index contributed by atoms with van der Waals surface area (Å²) in [5, 5.41) is 12.9. The van der Waals surface area contributed by atoms with Crippen molar-refractivity contribution in [1.29, 1.82) is 0 Å². The molecule has 0 amide bonds. The molecule has 12 aliphatic carbocycles. The molecule has 0 spiro atoms. The summed E-state index contributed by atoms with van der Waals surface area (Å²) in [5.74, 6) is 4.74. The van der Waals surface area contributed by atoms with Crippen molar-refractivity contribution in [2.24, 2.45) is 61.1 Å². The Labute approximate surface area is 359 Å². The van der Waals surface area contributed by atoms with Gasteiger partial charge in [0, 0.05) is 23.1 Å². The van der Waals surface area contributed by atoms with Crippen molar-refractivity contribution >= 4 is 5.69 Å². The van der Waals surface area contributed by atoms with Crippen LogP contribution in [0.1, 0.15) is 173 Å². The van der Waals surface area contributed by atoms with Gasteiger partial charge in [-0.25, -0.2) is 0 Å². The first-order valence-corrected chi connectivity index (χ1v) is 24.1. The molecular formula is C55H69NO4. The van der Waals surface area contributed by atoms with Crippen LogP contribution in [0.15, 0.2) is 66.7 Å². The number of nitro benzene ring substituents is 1. The molecule has 12 bridgehead atoms. The van der Waals surface area contributed by atoms with E-state index in [2.05, 4.69) is 65.8 Å². The predicted octanol–water partition coefficient (Wildman–Crippen LogP) is 14.9. The minimum Gasteiger partial charge on any atom is -0.482 e. The van der Waals surface area contributed by atoms with Gasteiger partial charge in [0.05, 0.1) is 4.92 Å². The summed E-state index contributed by atoms with van der Waals surface area (Å²) >= 11 is 0. The van der Waals surface area contributed by atoms with Crippen LogP contribution in [0.2, 0.25) is 0 Å². The van der Waals surface area contributed by atoms with Gasteiger partial charge in [0.1, 0.15) is 18.1 Å². The molecule has 0 radical (unpaired) electrons. The van der Waals surface area contributed by atoms with E-state index in [9.17, 15) is 10.1 Å². The average Bonchev–Trinajstić information content (AvgIpc) is 3.10. The van der Waals surface area contributed by atoms with Crippen LogP contribution in [0.5, 0.6) is 17.2 Å². The SMILES string of the molecule is CC12CC3CC(C)(C1)CC(c1cc([N+](=O)[O-])c(OCc4ccccc4)cc1Oc1ccc(C4C5CC6(C)CC(C)(C5)CC4(C45CC7CC(C)(CC(C)(C7)C4)C5)C6)cc1)(C3)C2. The van der Waals surface area contributed by atoms with E-state index in [1.165, 1.54) is 89.9 Å². The Hall–Kier alpha value is -3.34. The fourth-order valence-corrected chi connectivity index (χ4v) is 21.2. The lowest BCUT2D eigenvalue weighted by Crippen LogP contribution is -2.69. The van der Waals surface area contributed by atoms with Gasteiger partial charge in [-0.2, -0.15) is 0 Å². The van der Waals surface area contributed by atoms with E-state index in [0.717, 1.165) is 53.7 Å². The number of hydrogen-bond donors (Lipinski definition) is 0. The van der Waals surface area contributed by atoms with E-state index in [1.54, 1.807) is 5.56 Å². The van der Waals surface area contributed by atoms with Gasteiger partial charge >= 0.3 is 5.69 Å². The second-order valence-electron chi connectivity index (χ2n) is 26.3. The molecule has 0 heterocycles. The maximum absolute atomic E-state index is 12.9. The van der Waals surface area contributed by atoms with Gasteiger partial charge in [-0.3, -0.25) is 10.1 Å². The van der Waals surface area contributed by atoms with Crippen LogP contribution < -0.4 is 9.47 Å². The highest BCUT2D eigenvalue weighted by molar-refractivity contribution is 5.59. The molecule has 3 aromatic rings. The lowest BCUT2D eigenvalue weighted by Gasteiger charge is -2.78. The number of nitro groups is 1. The Morgan fingerprint density at radius 2 is 1.15 bits per heavy atom. The van der Waals surface area contributed by atoms with Crippen molar-refractivity contribution in [1.82, 2.24) is 0 Å². The van der Waals surface area contributed by atoms with E-state index < -0.39 is 0 Å². The van der Waals surface area contributed by atoms with Gasteiger partial charge < -0.3 is 9.47 Å². The molecule has 7 unspecified atom stereocenters. The first kappa shape index (κ1) is 38.3. The van der Waals surface area contributed by atoms with Crippen LogP contribution in [0.4, 0.5) is 5.69 Å². The maximum atomic E-state index is 12.9. The summed E-state index contributed by atoms with van der Waals surface area (Å²) in [6, 6.07) is 23.2. The molecule has 318 valence electrons. The van der Waals surface area contributed by atoms with Crippen molar-refractivity contribution in [3.05, 3.63) is 93.5 Å². The molecule has 5 nitrogen and oxygen atoms in total. The van der Waals surface area contributed by atoms with Crippen LogP contribution in [0.3, 0.4) is 0 Å². The molecule has 3 aromatic carbocycles. The molecule has 12 aliphatic rings. The number of ether oxygens (including phenoxy) is 2. The zero-order valence-electron chi connectivity index (χ0n) is 37.5. The lowest BCUT2D eigenvalue weighted by molar-refractivity contribution is -0.386. The third-order valence-corrected chi connectivity index (χ3v) is 19.8. The normalized spacial score (nSPS) is 47.5. The van der Waals surface area contributed by atoms with E-state index in [-0.39, 0.29) is 39.2 Å². The molecular weight excluding hydrogens is 739 g/mol. The van der Waals surface area contributed by atoms with Crippen LogP contribution >= 0.6 is 0 Å². The molecule has 7 atom stereocenters. The second-order valence-corrected chi connectivity index (χ2v) is 26.3. The molecule has 0 aromatic heterocycles. The standard InChI is InChI=1S/C55H69NO4/c1-47-18-37-19-48(2,27-47)31-53(22-37,30-47)42-16-43(56(57)58)45(59-26-36-10-8-7-9-11-36)17-44(42)60-41-14-12-39(13-15-41)46-40-24-51(5)29-52(6,25-40)35-55(46,34-51)54-23-38-20-49(3,32-54)28-50(4,21-38)33-54/h7-17,37-38,40,46H,18-35H2,1-6H3. The quantitative estimate of drug-likeness (QED) is 0.160. The molecule has 60 heavy (non-hydrogen) atoms. The third kappa shape index (κ3) is 5.67. The van der Waals surface area contributed by atoms with Crippen LogP contribution in [0.25, 0.3) is 0 Å². The molecule has 5 heteroatoms. The van der Waals surface area contributed by atoms with Crippen LogP contribution in [0, 0.1) is 71.2 Å². The predicted molar refractivity (Wildman–Crippen MR) is 237 cm³/mol. The number of hydrogen-bond acceptors (Lipinski definition) is 4. The van der Waals surface area contributed by atoms with Gasteiger partial charge in [-0.1, -0.05) is 84.0 Å². The van der Waals surface area contributed by atoms with Crippen molar-refractivity contribution in [3.8, 4) is 17.2 Å². The highest BCUT2D eigenvalue weighted by Crippen LogP contribution is 2.84. The van der Waals surface area contributed by atoms with Crippen LogP contribution in [-0.2, 0) is 12.0 Å². The maximum Gasteiger partial charge on any atom is 0.311 e.